The van der Waals surface area contributed by atoms with Gasteiger partial charge in [-0.3, -0.25) is 4.79 Å². The molecule has 2 aliphatic rings. The predicted octanol–water partition coefficient (Wildman–Crippen LogP) is 2.27. The topological polar surface area (TPSA) is 23.6 Å². The fourth-order valence-electron chi connectivity index (χ4n) is 2.97. The van der Waals surface area contributed by atoms with E-state index in [-0.39, 0.29) is 11.8 Å². The number of hydrogen-bond acceptors (Lipinski definition) is 2. The average molecular weight is 254 g/mol. The van der Waals surface area contributed by atoms with E-state index in [1.807, 2.05) is 23.1 Å². The van der Waals surface area contributed by atoms with Gasteiger partial charge in [0.15, 0.2) is 0 Å². The molecule has 2 aliphatic heterocycles. The number of benzene rings is 1. The molecule has 2 heterocycles. The maximum atomic E-state index is 12.1. The number of carbonyl (C=O) groups is 1. The fourth-order valence-corrected chi connectivity index (χ4v) is 2.97. The minimum atomic E-state index is 0.0548. The lowest BCUT2D eigenvalue weighted by Gasteiger charge is -2.26. The molecule has 19 heavy (non-hydrogen) atoms. The summed E-state index contributed by atoms with van der Waals surface area (Å²) in [5.74, 6) is 2.91. The standard InChI is InChI=1S/C16H18N2O/c1-2-13-11-16(19)18(12-13)15-8-4-3-7-14(15)17-9-5-6-10-17/h1,3-4,7-8,13H,5-6,9-12H2. The molecule has 1 atom stereocenters. The van der Waals surface area contributed by atoms with Crippen LogP contribution in [0.5, 0.6) is 0 Å². The van der Waals surface area contributed by atoms with Gasteiger partial charge in [0, 0.05) is 32.0 Å². The second kappa shape index (κ2) is 4.97. The van der Waals surface area contributed by atoms with Crippen molar-refractivity contribution < 1.29 is 4.79 Å². The molecule has 3 nitrogen and oxygen atoms in total. The molecule has 1 aromatic carbocycles. The van der Waals surface area contributed by atoms with Crippen LogP contribution in [0.4, 0.5) is 11.4 Å². The van der Waals surface area contributed by atoms with E-state index in [2.05, 4.69) is 16.9 Å². The summed E-state index contributed by atoms with van der Waals surface area (Å²) in [5.41, 5.74) is 2.19. The molecular weight excluding hydrogens is 236 g/mol. The summed E-state index contributed by atoms with van der Waals surface area (Å²) < 4.78 is 0. The molecule has 0 bridgehead atoms. The largest absolute Gasteiger partial charge is 0.370 e. The minimum Gasteiger partial charge on any atom is -0.370 e. The first-order valence-electron chi connectivity index (χ1n) is 6.90. The van der Waals surface area contributed by atoms with E-state index in [9.17, 15) is 4.79 Å². The molecule has 2 saturated heterocycles. The predicted molar refractivity (Wildman–Crippen MR) is 77.2 cm³/mol. The first-order valence-corrected chi connectivity index (χ1v) is 6.90. The first kappa shape index (κ1) is 12.1. The van der Waals surface area contributed by atoms with Crippen LogP contribution in [0.1, 0.15) is 19.3 Å². The molecule has 1 amide bonds. The molecule has 0 aromatic heterocycles. The van der Waals surface area contributed by atoms with Gasteiger partial charge in [0.05, 0.1) is 11.4 Å². The summed E-state index contributed by atoms with van der Waals surface area (Å²) in [6.07, 6.45) is 8.40. The summed E-state index contributed by atoms with van der Waals surface area (Å²) in [7, 11) is 0. The SMILES string of the molecule is C#CC1CC(=O)N(c2ccccc2N2CCCC2)C1. The van der Waals surface area contributed by atoms with Crippen LogP contribution in [0.3, 0.4) is 0 Å². The van der Waals surface area contributed by atoms with Gasteiger partial charge >= 0.3 is 0 Å². The van der Waals surface area contributed by atoms with Gasteiger partial charge < -0.3 is 9.80 Å². The molecule has 3 rings (SSSR count). The maximum absolute atomic E-state index is 12.1. The molecule has 98 valence electrons. The fraction of sp³-hybridized carbons (Fsp3) is 0.438. The minimum absolute atomic E-state index is 0.0548. The Morgan fingerprint density at radius 2 is 1.84 bits per heavy atom. The van der Waals surface area contributed by atoms with Gasteiger partial charge in [0.2, 0.25) is 5.91 Å². The van der Waals surface area contributed by atoms with Crippen molar-refractivity contribution in [3.05, 3.63) is 24.3 Å². The van der Waals surface area contributed by atoms with E-state index < -0.39 is 0 Å². The number of para-hydroxylation sites is 2. The smallest absolute Gasteiger partial charge is 0.228 e. The van der Waals surface area contributed by atoms with Gasteiger partial charge in [0.1, 0.15) is 0 Å². The van der Waals surface area contributed by atoms with Crippen molar-refractivity contribution in [3.63, 3.8) is 0 Å². The lowest BCUT2D eigenvalue weighted by atomic mass is 10.1. The van der Waals surface area contributed by atoms with Crippen LogP contribution in [0, 0.1) is 18.3 Å². The molecule has 1 aromatic rings. The quantitative estimate of drug-likeness (QED) is 0.756. The van der Waals surface area contributed by atoms with Crippen molar-refractivity contribution in [2.45, 2.75) is 19.3 Å². The van der Waals surface area contributed by atoms with Crippen molar-refractivity contribution in [2.24, 2.45) is 5.92 Å². The van der Waals surface area contributed by atoms with Gasteiger partial charge in [-0.1, -0.05) is 12.1 Å². The van der Waals surface area contributed by atoms with E-state index >= 15 is 0 Å². The van der Waals surface area contributed by atoms with Crippen LogP contribution in [-0.2, 0) is 4.79 Å². The third-order valence-corrected chi connectivity index (χ3v) is 3.98. The number of carbonyl (C=O) groups excluding carboxylic acids is 1. The summed E-state index contributed by atoms with van der Waals surface area (Å²) in [6.45, 7) is 2.81. The lowest BCUT2D eigenvalue weighted by molar-refractivity contribution is -0.117. The molecule has 2 fully saturated rings. The van der Waals surface area contributed by atoms with Crippen LogP contribution in [0.2, 0.25) is 0 Å². The highest BCUT2D eigenvalue weighted by Gasteiger charge is 2.31. The van der Waals surface area contributed by atoms with Crippen molar-refractivity contribution in [1.82, 2.24) is 0 Å². The molecule has 0 aliphatic carbocycles. The second-order valence-electron chi connectivity index (χ2n) is 5.25. The Bertz CT molecular complexity index is 526. The zero-order valence-electron chi connectivity index (χ0n) is 11.0. The highest BCUT2D eigenvalue weighted by Crippen LogP contribution is 2.34. The van der Waals surface area contributed by atoms with Crippen molar-refractivity contribution in [1.29, 1.82) is 0 Å². The van der Waals surface area contributed by atoms with Crippen LogP contribution < -0.4 is 9.80 Å². The van der Waals surface area contributed by atoms with Crippen LogP contribution >= 0.6 is 0 Å². The monoisotopic (exact) mass is 254 g/mol. The van der Waals surface area contributed by atoms with E-state index in [0.717, 1.165) is 18.8 Å². The van der Waals surface area contributed by atoms with Crippen LogP contribution in [0.15, 0.2) is 24.3 Å². The molecule has 0 N–H and O–H groups in total. The Labute approximate surface area is 114 Å². The normalized spacial score (nSPS) is 22.9. The van der Waals surface area contributed by atoms with Crippen LogP contribution in [-0.4, -0.2) is 25.5 Å². The zero-order chi connectivity index (χ0) is 13.2. The van der Waals surface area contributed by atoms with Gasteiger partial charge in [-0.15, -0.1) is 12.3 Å². The third-order valence-electron chi connectivity index (χ3n) is 3.98. The number of terminal acetylenes is 1. The molecule has 0 spiro atoms. The lowest BCUT2D eigenvalue weighted by Crippen LogP contribution is -2.28. The summed E-state index contributed by atoms with van der Waals surface area (Å²) >= 11 is 0. The van der Waals surface area contributed by atoms with E-state index in [1.54, 1.807) is 0 Å². The van der Waals surface area contributed by atoms with E-state index in [4.69, 9.17) is 6.42 Å². The Hall–Kier alpha value is -1.95. The number of rotatable bonds is 2. The van der Waals surface area contributed by atoms with Crippen molar-refractivity contribution in [2.75, 3.05) is 29.4 Å². The van der Waals surface area contributed by atoms with Gasteiger partial charge in [-0.2, -0.15) is 0 Å². The first-order chi connectivity index (χ1) is 9.29. The van der Waals surface area contributed by atoms with Gasteiger partial charge in [-0.25, -0.2) is 0 Å². The Kier molecular flexibility index (Phi) is 3.16. The van der Waals surface area contributed by atoms with E-state index in [1.165, 1.54) is 18.5 Å². The third kappa shape index (κ3) is 2.19. The van der Waals surface area contributed by atoms with Gasteiger partial charge in [-0.05, 0) is 25.0 Å². The summed E-state index contributed by atoms with van der Waals surface area (Å²) in [4.78, 5) is 16.3. The number of amides is 1. The van der Waals surface area contributed by atoms with Crippen molar-refractivity contribution in [3.8, 4) is 12.3 Å². The zero-order valence-corrected chi connectivity index (χ0v) is 11.0. The number of nitrogens with zero attached hydrogens (tertiary/aromatic N) is 2. The number of anilines is 2. The van der Waals surface area contributed by atoms with Crippen molar-refractivity contribution >= 4 is 17.3 Å². The molecule has 3 heteroatoms. The summed E-state index contributed by atoms with van der Waals surface area (Å²) in [6, 6.07) is 8.17. The molecule has 1 unspecified atom stereocenters. The second-order valence-corrected chi connectivity index (χ2v) is 5.25. The summed E-state index contributed by atoms with van der Waals surface area (Å²) in [5, 5.41) is 0. The van der Waals surface area contributed by atoms with Gasteiger partial charge in [0.25, 0.3) is 0 Å². The maximum Gasteiger partial charge on any atom is 0.228 e. The van der Waals surface area contributed by atoms with E-state index in [0.29, 0.717) is 13.0 Å². The molecule has 0 radical (unpaired) electrons. The highest BCUT2D eigenvalue weighted by molar-refractivity contribution is 5.99. The molecule has 0 saturated carbocycles. The molecular formula is C16H18N2O. The Morgan fingerprint density at radius 1 is 1.16 bits per heavy atom. The number of hydrogen-bond donors (Lipinski definition) is 0. The average Bonchev–Trinajstić information content (AvgIpc) is 3.08. The Balaban J connectivity index is 1.92. The highest BCUT2D eigenvalue weighted by atomic mass is 16.2. The Morgan fingerprint density at radius 3 is 2.47 bits per heavy atom. The van der Waals surface area contributed by atoms with Crippen LogP contribution in [0.25, 0.3) is 0 Å².